The van der Waals surface area contributed by atoms with E-state index in [1.165, 1.54) is 6.07 Å². The molecule has 0 aliphatic carbocycles. The highest BCUT2D eigenvalue weighted by atomic mass is 19.1. The van der Waals surface area contributed by atoms with Gasteiger partial charge in [-0.15, -0.1) is 0 Å². The summed E-state index contributed by atoms with van der Waals surface area (Å²) in [6.07, 6.45) is 0.514. The lowest BCUT2D eigenvalue weighted by atomic mass is 9.99. The smallest absolute Gasteiger partial charge is 0.322 e. The van der Waals surface area contributed by atoms with Gasteiger partial charge >= 0.3 is 6.03 Å². The Morgan fingerprint density at radius 3 is 2.75 bits per heavy atom. The molecule has 5 nitrogen and oxygen atoms in total. The minimum atomic E-state index is -0.909. The average Bonchev–Trinajstić information content (AvgIpc) is 2.94. The predicted molar refractivity (Wildman–Crippen MR) is 65.7 cm³/mol. The number of urea groups is 1. The molecule has 3 rings (SSSR count). The maximum atomic E-state index is 13.6. The van der Waals surface area contributed by atoms with E-state index in [1.54, 1.807) is 0 Å². The minimum Gasteiger partial charge on any atom is -0.322 e. The molecule has 2 aliphatic rings. The van der Waals surface area contributed by atoms with Gasteiger partial charge in [-0.2, -0.15) is 0 Å². The van der Waals surface area contributed by atoms with Crippen LogP contribution in [0.2, 0.25) is 0 Å². The van der Waals surface area contributed by atoms with Gasteiger partial charge in [-0.25, -0.2) is 13.6 Å². The third kappa shape index (κ3) is 1.94. The second-order valence-electron chi connectivity index (χ2n) is 5.07. The van der Waals surface area contributed by atoms with Crippen LogP contribution in [0.3, 0.4) is 0 Å². The highest BCUT2D eigenvalue weighted by Gasteiger charge is 2.52. The molecule has 2 aliphatic heterocycles. The number of hydrogen-bond acceptors (Lipinski definition) is 3. The number of hydrogen-bond donors (Lipinski definition) is 2. The van der Waals surface area contributed by atoms with E-state index in [0.29, 0.717) is 19.5 Å². The lowest BCUT2D eigenvalue weighted by Gasteiger charge is -2.19. The summed E-state index contributed by atoms with van der Waals surface area (Å²) in [7, 11) is 0. The van der Waals surface area contributed by atoms with Crippen molar-refractivity contribution in [3.05, 3.63) is 35.4 Å². The van der Waals surface area contributed by atoms with Gasteiger partial charge in [0.2, 0.25) is 0 Å². The van der Waals surface area contributed by atoms with E-state index in [9.17, 15) is 18.4 Å². The van der Waals surface area contributed by atoms with E-state index >= 15 is 0 Å². The van der Waals surface area contributed by atoms with E-state index in [4.69, 9.17) is 0 Å². The molecule has 0 bridgehead atoms. The highest BCUT2D eigenvalue weighted by Crippen LogP contribution is 2.26. The Kier molecular flexibility index (Phi) is 2.93. The Balaban J connectivity index is 1.84. The Hall–Kier alpha value is -2.02. The summed E-state index contributed by atoms with van der Waals surface area (Å²) in [6.45, 7) is 0.823. The van der Waals surface area contributed by atoms with Crippen LogP contribution in [0.15, 0.2) is 18.2 Å². The molecule has 1 aromatic carbocycles. The maximum Gasteiger partial charge on any atom is 0.325 e. The summed E-state index contributed by atoms with van der Waals surface area (Å²) in [4.78, 5) is 25.2. The van der Waals surface area contributed by atoms with Gasteiger partial charge in [0.15, 0.2) is 0 Å². The van der Waals surface area contributed by atoms with Gasteiger partial charge in [0.25, 0.3) is 5.91 Å². The SMILES string of the molecule is O=C1NC2(CCNC2)C(=O)N1Cc1ccc(F)cc1F. The third-order valence-electron chi connectivity index (χ3n) is 3.74. The molecule has 0 radical (unpaired) electrons. The number of imide groups is 1. The molecule has 7 heteroatoms. The zero-order chi connectivity index (χ0) is 14.3. The summed E-state index contributed by atoms with van der Waals surface area (Å²) in [5.41, 5.74) is -0.800. The van der Waals surface area contributed by atoms with E-state index in [1.807, 2.05) is 0 Å². The van der Waals surface area contributed by atoms with Crippen LogP contribution in [0.1, 0.15) is 12.0 Å². The van der Waals surface area contributed by atoms with Crippen LogP contribution < -0.4 is 10.6 Å². The fourth-order valence-electron chi connectivity index (χ4n) is 2.62. The van der Waals surface area contributed by atoms with Crippen LogP contribution in [0.25, 0.3) is 0 Å². The largest absolute Gasteiger partial charge is 0.325 e. The fraction of sp³-hybridized carbons (Fsp3) is 0.385. The normalized spacial score (nSPS) is 25.6. The molecule has 20 heavy (non-hydrogen) atoms. The molecule has 2 N–H and O–H groups in total. The Bertz CT molecular complexity index is 585. The number of halogens is 2. The first kappa shape index (κ1) is 13.0. The third-order valence-corrected chi connectivity index (χ3v) is 3.74. The molecule has 1 aromatic rings. The molecule has 1 unspecified atom stereocenters. The van der Waals surface area contributed by atoms with Crippen LogP contribution in [0, 0.1) is 11.6 Å². The molecular weight excluding hydrogens is 268 g/mol. The van der Waals surface area contributed by atoms with Gasteiger partial charge in [0.05, 0.1) is 6.54 Å². The number of rotatable bonds is 2. The highest BCUT2D eigenvalue weighted by molar-refractivity contribution is 6.07. The zero-order valence-electron chi connectivity index (χ0n) is 10.6. The van der Waals surface area contributed by atoms with Crippen molar-refractivity contribution < 1.29 is 18.4 Å². The second-order valence-corrected chi connectivity index (χ2v) is 5.07. The van der Waals surface area contributed by atoms with Gasteiger partial charge in [-0.3, -0.25) is 9.69 Å². The number of benzene rings is 1. The molecule has 2 fully saturated rings. The summed E-state index contributed by atoms with van der Waals surface area (Å²) in [6, 6.07) is 2.54. The summed E-state index contributed by atoms with van der Waals surface area (Å²) in [5.74, 6) is -1.83. The molecule has 1 spiro atoms. The van der Waals surface area contributed by atoms with Gasteiger partial charge in [0.1, 0.15) is 17.2 Å². The number of nitrogens with one attached hydrogen (secondary N) is 2. The Morgan fingerprint density at radius 1 is 1.30 bits per heavy atom. The predicted octanol–water partition coefficient (Wildman–Crippen LogP) is 0.749. The summed E-state index contributed by atoms with van der Waals surface area (Å²) in [5, 5.41) is 5.68. The first-order chi connectivity index (χ1) is 9.52. The van der Waals surface area contributed by atoms with Crippen LogP contribution in [0.5, 0.6) is 0 Å². The first-order valence-electron chi connectivity index (χ1n) is 6.31. The number of amides is 3. The molecule has 0 aromatic heterocycles. The monoisotopic (exact) mass is 281 g/mol. The molecular formula is C13H13F2N3O2. The quantitative estimate of drug-likeness (QED) is 0.786. The molecule has 3 amide bonds. The van der Waals surface area contributed by atoms with Crippen LogP contribution >= 0.6 is 0 Å². The summed E-state index contributed by atoms with van der Waals surface area (Å²) < 4.78 is 26.5. The van der Waals surface area contributed by atoms with Crippen molar-refractivity contribution in [3.63, 3.8) is 0 Å². The standard InChI is InChI=1S/C13H13F2N3O2/c14-9-2-1-8(10(15)5-9)6-18-11(19)13(17-12(18)20)3-4-16-7-13/h1-2,5,16H,3-4,6-7H2,(H,17,20). The first-order valence-corrected chi connectivity index (χ1v) is 6.31. The lowest BCUT2D eigenvalue weighted by molar-refractivity contribution is -0.131. The van der Waals surface area contributed by atoms with Crippen LogP contribution in [-0.2, 0) is 11.3 Å². The van der Waals surface area contributed by atoms with Crippen molar-refractivity contribution in [1.29, 1.82) is 0 Å². The van der Waals surface area contributed by atoms with E-state index < -0.39 is 23.2 Å². The van der Waals surface area contributed by atoms with Crippen LogP contribution in [-0.4, -0.2) is 35.5 Å². The maximum absolute atomic E-state index is 13.6. The molecule has 1 atom stereocenters. The number of carbonyl (C=O) groups excluding carboxylic acids is 2. The number of nitrogens with zero attached hydrogens (tertiary/aromatic N) is 1. The van der Waals surface area contributed by atoms with Crippen molar-refractivity contribution >= 4 is 11.9 Å². The molecule has 2 heterocycles. The average molecular weight is 281 g/mol. The van der Waals surface area contributed by atoms with Crippen molar-refractivity contribution in [2.24, 2.45) is 0 Å². The second kappa shape index (κ2) is 4.52. The van der Waals surface area contributed by atoms with Gasteiger partial charge in [-0.05, 0) is 19.0 Å². The van der Waals surface area contributed by atoms with E-state index in [-0.39, 0.29) is 18.0 Å². The molecule has 0 saturated carbocycles. The van der Waals surface area contributed by atoms with Gasteiger partial charge < -0.3 is 10.6 Å². The molecule has 106 valence electrons. The Labute approximate surface area is 113 Å². The van der Waals surface area contributed by atoms with Crippen molar-refractivity contribution in [1.82, 2.24) is 15.5 Å². The van der Waals surface area contributed by atoms with E-state index in [0.717, 1.165) is 17.0 Å². The van der Waals surface area contributed by atoms with Gasteiger partial charge in [0, 0.05) is 18.2 Å². The van der Waals surface area contributed by atoms with Crippen molar-refractivity contribution in [2.45, 2.75) is 18.5 Å². The van der Waals surface area contributed by atoms with Crippen LogP contribution in [0.4, 0.5) is 13.6 Å². The minimum absolute atomic E-state index is 0.109. The zero-order valence-corrected chi connectivity index (χ0v) is 10.6. The van der Waals surface area contributed by atoms with E-state index in [2.05, 4.69) is 10.6 Å². The van der Waals surface area contributed by atoms with Gasteiger partial charge in [-0.1, -0.05) is 6.07 Å². The fourth-order valence-corrected chi connectivity index (χ4v) is 2.62. The molecule has 2 saturated heterocycles. The van der Waals surface area contributed by atoms with Crippen molar-refractivity contribution in [3.8, 4) is 0 Å². The Morgan fingerprint density at radius 2 is 2.10 bits per heavy atom. The van der Waals surface area contributed by atoms with Crippen molar-refractivity contribution in [2.75, 3.05) is 13.1 Å². The summed E-state index contributed by atoms with van der Waals surface area (Å²) >= 11 is 0. The number of carbonyl (C=O) groups is 2. The lowest BCUT2D eigenvalue weighted by Crippen LogP contribution is -2.48. The topological polar surface area (TPSA) is 61.4 Å².